The van der Waals surface area contributed by atoms with Gasteiger partial charge in [-0.25, -0.2) is 12.8 Å². The highest BCUT2D eigenvalue weighted by atomic mass is 35.5. The second kappa shape index (κ2) is 8.20. The lowest BCUT2D eigenvalue weighted by Gasteiger charge is -2.25. The van der Waals surface area contributed by atoms with Crippen LogP contribution in [0.5, 0.6) is 5.75 Å². The van der Waals surface area contributed by atoms with Crippen LogP contribution in [0.1, 0.15) is 5.56 Å². The Labute approximate surface area is 183 Å². The third-order valence-electron chi connectivity index (χ3n) is 4.97. The van der Waals surface area contributed by atoms with Gasteiger partial charge in [0.25, 0.3) is 5.91 Å². The topological polar surface area (TPSA) is 76.0 Å². The number of hydrogen-bond acceptors (Lipinski definition) is 5. The molecule has 158 valence electrons. The minimum atomic E-state index is -3.17. The molecule has 2 fully saturated rings. The maximum absolute atomic E-state index is 13.1. The van der Waals surface area contributed by atoms with Gasteiger partial charge in [0.1, 0.15) is 11.6 Å². The van der Waals surface area contributed by atoms with Crippen LogP contribution in [0.3, 0.4) is 0 Å². The van der Waals surface area contributed by atoms with Crippen LogP contribution < -0.4 is 9.64 Å². The standard InChI is InChI=1S/C20H18ClFN2O4S2/c1-28-17-7-6-14(9-15(17)21)24-16-10-30(26,27)11-18(16)29-20(24)23-19(25)8-12-2-4-13(22)5-3-12/h2-7,9,16,18H,8,10-11H2,1H3/t16-,18+/m0/s1. The van der Waals surface area contributed by atoms with Crippen LogP contribution in [0.4, 0.5) is 10.1 Å². The van der Waals surface area contributed by atoms with Crippen molar-refractivity contribution in [1.82, 2.24) is 0 Å². The number of fused-ring (bicyclic) bond motifs is 1. The van der Waals surface area contributed by atoms with Crippen molar-refractivity contribution in [1.29, 1.82) is 0 Å². The molecule has 2 aliphatic heterocycles. The molecule has 2 aliphatic rings. The Hall–Kier alpha value is -2.10. The molecule has 0 unspecified atom stereocenters. The number of carbonyl (C=O) groups is 1. The van der Waals surface area contributed by atoms with Crippen LogP contribution in [0.2, 0.25) is 5.02 Å². The van der Waals surface area contributed by atoms with E-state index >= 15 is 0 Å². The number of methoxy groups -OCH3 is 1. The van der Waals surface area contributed by atoms with E-state index in [2.05, 4.69) is 4.99 Å². The number of nitrogens with zero attached hydrogens (tertiary/aromatic N) is 2. The summed E-state index contributed by atoms with van der Waals surface area (Å²) in [4.78, 5) is 18.6. The summed E-state index contributed by atoms with van der Waals surface area (Å²) < 4.78 is 42.6. The fourth-order valence-corrected chi connectivity index (χ4v) is 7.78. The molecule has 0 bridgehead atoms. The largest absolute Gasteiger partial charge is 0.495 e. The van der Waals surface area contributed by atoms with Crippen molar-refractivity contribution in [2.45, 2.75) is 17.7 Å². The third kappa shape index (κ3) is 4.33. The second-order valence-corrected chi connectivity index (χ2v) is 10.8. The molecule has 2 atom stereocenters. The molecule has 4 rings (SSSR count). The first kappa shape index (κ1) is 21.1. The Morgan fingerprint density at radius 1 is 1.27 bits per heavy atom. The predicted octanol–water partition coefficient (Wildman–Crippen LogP) is 3.33. The monoisotopic (exact) mass is 468 g/mol. The summed E-state index contributed by atoms with van der Waals surface area (Å²) in [6, 6.07) is 10.5. The van der Waals surface area contributed by atoms with E-state index in [9.17, 15) is 17.6 Å². The van der Waals surface area contributed by atoms with Crippen molar-refractivity contribution in [3.63, 3.8) is 0 Å². The highest BCUT2D eigenvalue weighted by Crippen LogP contribution is 2.42. The fourth-order valence-electron chi connectivity index (χ4n) is 3.59. The highest BCUT2D eigenvalue weighted by molar-refractivity contribution is 8.16. The molecule has 2 heterocycles. The third-order valence-corrected chi connectivity index (χ3v) is 8.47. The maximum atomic E-state index is 13.1. The number of amidine groups is 1. The summed E-state index contributed by atoms with van der Waals surface area (Å²) in [6.07, 6.45) is 0.0230. The van der Waals surface area contributed by atoms with Crippen LogP contribution in [0, 0.1) is 5.82 Å². The predicted molar refractivity (Wildman–Crippen MR) is 117 cm³/mol. The zero-order valence-electron chi connectivity index (χ0n) is 15.9. The second-order valence-electron chi connectivity index (χ2n) is 7.08. The molecule has 2 saturated heterocycles. The average molecular weight is 469 g/mol. The van der Waals surface area contributed by atoms with Gasteiger partial charge >= 0.3 is 0 Å². The Morgan fingerprint density at radius 2 is 2.00 bits per heavy atom. The van der Waals surface area contributed by atoms with Crippen LogP contribution >= 0.6 is 23.4 Å². The van der Waals surface area contributed by atoms with Crippen molar-refractivity contribution in [2.24, 2.45) is 4.99 Å². The Bertz CT molecular complexity index is 1120. The first-order chi connectivity index (χ1) is 14.3. The van der Waals surface area contributed by atoms with Crippen molar-refractivity contribution < 1.29 is 22.3 Å². The maximum Gasteiger partial charge on any atom is 0.252 e. The van der Waals surface area contributed by atoms with Gasteiger partial charge in [0, 0.05) is 10.9 Å². The molecule has 0 saturated carbocycles. The highest BCUT2D eigenvalue weighted by Gasteiger charge is 2.49. The lowest BCUT2D eigenvalue weighted by Crippen LogP contribution is -2.37. The van der Waals surface area contributed by atoms with E-state index in [0.29, 0.717) is 27.2 Å². The van der Waals surface area contributed by atoms with Crippen LogP contribution in [0.25, 0.3) is 0 Å². The van der Waals surface area contributed by atoms with Gasteiger partial charge in [0.2, 0.25) is 0 Å². The quantitative estimate of drug-likeness (QED) is 0.685. The molecule has 6 nitrogen and oxygen atoms in total. The number of anilines is 1. The zero-order chi connectivity index (χ0) is 21.5. The van der Waals surface area contributed by atoms with Gasteiger partial charge in [-0.2, -0.15) is 4.99 Å². The fraction of sp³-hybridized carbons (Fsp3) is 0.300. The smallest absolute Gasteiger partial charge is 0.252 e. The molecule has 2 aromatic rings. The number of amides is 1. The SMILES string of the molecule is COc1ccc(N2C(=NC(=O)Cc3ccc(F)cc3)S[C@@H]3CS(=O)(=O)C[C@@H]32)cc1Cl. The van der Waals surface area contributed by atoms with Gasteiger partial charge in [0.05, 0.1) is 36.1 Å². The van der Waals surface area contributed by atoms with Crippen LogP contribution in [-0.2, 0) is 21.1 Å². The minimum Gasteiger partial charge on any atom is -0.495 e. The number of halogens is 2. The molecule has 0 spiro atoms. The Kier molecular flexibility index (Phi) is 5.78. The molecular weight excluding hydrogens is 451 g/mol. The van der Waals surface area contributed by atoms with Gasteiger partial charge in [-0.3, -0.25) is 4.79 Å². The number of thioether (sulfide) groups is 1. The number of sulfone groups is 1. The summed E-state index contributed by atoms with van der Waals surface area (Å²) in [7, 11) is -1.66. The summed E-state index contributed by atoms with van der Waals surface area (Å²) >= 11 is 7.55. The molecule has 2 aromatic carbocycles. The Balaban J connectivity index is 1.65. The van der Waals surface area contributed by atoms with E-state index in [1.807, 2.05) is 0 Å². The Morgan fingerprint density at radius 3 is 2.67 bits per heavy atom. The summed E-state index contributed by atoms with van der Waals surface area (Å²) in [5.74, 6) is -0.251. The van der Waals surface area contributed by atoms with E-state index in [4.69, 9.17) is 16.3 Å². The summed E-state index contributed by atoms with van der Waals surface area (Å²) in [5.41, 5.74) is 1.29. The number of carbonyl (C=O) groups excluding carboxylic acids is 1. The molecule has 0 radical (unpaired) electrons. The number of aliphatic imine (C=N–C) groups is 1. The van der Waals surface area contributed by atoms with E-state index < -0.39 is 15.7 Å². The molecular formula is C20H18ClFN2O4S2. The van der Waals surface area contributed by atoms with E-state index in [1.165, 1.54) is 43.1 Å². The van der Waals surface area contributed by atoms with Crippen LogP contribution in [0.15, 0.2) is 47.5 Å². The first-order valence-electron chi connectivity index (χ1n) is 9.11. The number of rotatable bonds is 4. The van der Waals surface area contributed by atoms with Crippen LogP contribution in [-0.4, -0.2) is 49.4 Å². The summed E-state index contributed by atoms with van der Waals surface area (Å²) in [6.45, 7) is 0. The molecule has 1 amide bonds. The molecule has 0 aromatic heterocycles. The van der Waals surface area contributed by atoms with E-state index in [1.54, 1.807) is 23.1 Å². The minimum absolute atomic E-state index is 0.0144. The molecule has 0 aliphatic carbocycles. The molecule has 30 heavy (non-hydrogen) atoms. The van der Waals surface area contributed by atoms with Gasteiger partial charge < -0.3 is 9.64 Å². The number of hydrogen-bond donors (Lipinski definition) is 0. The van der Waals surface area contributed by atoms with Gasteiger partial charge in [-0.05, 0) is 35.9 Å². The van der Waals surface area contributed by atoms with Gasteiger partial charge in [0.15, 0.2) is 15.0 Å². The number of benzene rings is 2. The van der Waals surface area contributed by atoms with Crippen molar-refractivity contribution in [3.05, 3.63) is 58.9 Å². The van der Waals surface area contributed by atoms with Crippen molar-refractivity contribution in [2.75, 3.05) is 23.5 Å². The first-order valence-corrected chi connectivity index (χ1v) is 12.2. The van der Waals surface area contributed by atoms with Crippen molar-refractivity contribution in [3.8, 4) is 5.75 Å². The lowest BCUT2D eigenvalue weighted by atomic mass is 10.1. The molecule has 10 heteroatoms. The van der Waals surface area contributed by atoms with E-state index in [-0.39, 0.29) is 35.0 Å². The normalized spacial score (nSPS) is 23.6. The summed E-state index contributed by atoms with van der Waals surface area (Å²) in [5, 5.41) is 0.600. The van der Waals surface area contributed by atoms with E-state index in [0.717, 1.165) is 0 Å². The van der Waals surface area contributed by atoms with Crippen molar-refractivity contribution >= 4 is 50.0 Å². The lowest BCUT2D eigenvalue weighted by molar-refractivity contribution is -0.117. The van der Waals surface area contributed by atoms with Gasteiger partial charge in [-0.15, -0.1) is 0 Å². The number of ether oxygens (including phenoxy) is 1. The molecule has 0 N–H and O–H groups in total. The van der Waals surface area contributed by atoms with Gasteiger partial charge in [-0.1, -0.05) is 35.5 Å². The zero-order valence-corrected chi connectivity index (χ0v) is 18.3. The average Bonchev–Trinajstić information content (AvgIpc) is 3.14.